The van der Waals surface area contributed by atoms with E-state index in [0.29, 0.717) is 0 Å². The van der Waals surface area contributed by atoms with Crippen molar-refractivity contribution in [3.05, 3.63) is 33.4 Å². The number of benzene rings is 1. The molecule has 2 rings (SSSR count). The molecule has 0 aromatic heterocycles. The molecule has 1 aliphatic carbocycles. The van der Waals surface area contributed by atoms with Gasteiger partial charge in [-0.15, -0.1) is 12.4 Å². The summed E-state index contributed by atoms with van der Waals surface area (Å²) < 4.78 is 1.28. The second-order valence-corrected chi connectivity index (χ2v) is 4.66. The monoisotopic (exact) mass is 309 g/mol. The van der Waals surface area contributed by atoms with Gasteiger partial charge in [0.25, 0.3) is 0 Å². The van der Waals surface area contributed by atoms with E-state index in [1.54, 1.807) is 0 Å². The van der Waals surface area contributed by atoms with Gasteiger partial charge in [-0.2, -0.15) is 0 Å². The van der Waals surface area contributed by atoms with Gasteiger partial charge in [0.2, 0.25) is 0 Å². The molecule has 3 heteroatoms. The van der Waals surface area contributed by atoms with Gasteiger partial charge in [-0.25, -0.2) is 0 Å². The van der Waals surface area contributed by atoms with Crippen LogP contribution in [0.4, 0.5) is 0 Å². The van der Waals surface area contributed by atoms with Crippen LogP contribution in [0.15, 0.2) is 24.3 Å². The lowest BCUT2D eigenvalue weighted by atomic mass is 10.0. The molecule has 1 aromatic carbocycles. The van der Waals surface area contributed by atoms with Gasteiger partial charge in [0.15, 0.2) is 0 Å². The van der Waals surface area contributed by atoms with Crippen molar-refractivity contribution in [3.63, 3.8) is 0 Å². The minimum absolute atomic E-state index is 0. The van der Waals surface area contributed by atoms with Gasteiger partial charge < -0.3 is 5.73 Å². The zero-order valence-corrected chi connectivity index (χ0v) is 10.2. The van der Waals surface area contributed by atoms with Crippen molar-refractivity contribution in [1.29, 1.82) is 0 Å². The standard InChI is InChI=1S/C10H12IN.ClH/c11-9-5-3-8(4-6-9)10(12)7-1-2-7;/h3-7,10H,1-2,12H2;1H/t10-;/m0./s1. The molecule has 0 unspecified atom stereocenters. The summed E-state index contributed by atoms with van der Waals surface area (Å²) in [6, 6.07) is 8.81. The lowest BCUT2D eigenvalue weighted by Crippen LogP contribution is -2.11. The van der Waals surface area contributed by atoms with Gasteiger partial charge in [-0.05, 0) is 59.0 Å². The third kappa shape index (κ3) is 2.82. The predicted molar refractivity (Wildman–Crippen MR) is 66.1 cm³/mol. The Morgan fingerprint density at radius 3 is 2.23 bits per heavy atom. The van der Waals surface area contributed by atoms with Gasteiger partial charge in [0, 0.05) is 9.61 Å². The number of rotatable bonds is 2. The number of nitrogens with two attached hydrogens (primary N) is 1. The molecule has 0 amide bonds. The smallest absolute Gasteiger partial charge is 0.0323 e. The minimum atomic E-state index is 0. The third-order valence-corrected chi connectivity index (χ3v) is 3.10. The van der Waals surface area contributed by atoms with E-state index in [4.69, 9.17) is 5.73 Å². The van der Waals surface area contributed by atoms with Crippen molar-refractivity contribution in [2.24, 2.45) is 11.7 Å². The highest BCUT2D eigenvalue weighted by atomic mass is 127. The molecule has 0 aliphatic heterocycles. The van der Waals surface area contributed by atoms with Crippen molar-refractivity contribution >= 4 is 35.0 Å². The summed E-state index contributed by atoms with van der Waals surface area (Å²) in [7, 11) is 0. The lowest BCUT2D eigenvalue weighted by molar-refractivity contribution is 0.633. The molecular weight excluding hydrogens is 296 g/mol. The molecule has 1 nitrogen and oxygen atoms in total. The summed E-state index contributed by atoms with van der Waals surface area (Å²) in [5.74, 6) is 0.755. The molecule has 0 saturated heterocycles. The highest BCUT2D eigenvalue weighted by molar-refractivity contribution is 14.1. The first-order chi connectivity index (χ1) is 5.77. The zero-order valence-electron chi connectivity index (χ0n) is 7.24. The normalized spacial score (nSPS) is 17.7. The molecule has 2 N–H and O–H groups in total. The van der Waals surface area contributed by atoms with Gasteiger partial charge >= 0.3 is 0 Å². The van der Waals surface area contributed by atoms with Gasteiger partial charge in [0.05, 0.1) is 0 Å². The average Bonchev–Trinajstić information content (AvgIpc) is 2.87. The average molecular weight is 310 g/mol. The summed E-state index contributed by atoms with van der Waals surface area (Å²) in [6.07, 6.45) is 2.63. The van der Waals surface area contributed by atoms with Crippen molar-refractivity contribution in [2.75, 3.05) is 0 Å². The van der Waals surface area contributed by atoms with Crippen LogP contribution >= 0.6 is 35.0 Å². The fraction of sp³-hybridized carbons (Fsp3) is 0.400. The van der Waals surface area contributed by atoms with Crippen LogP contribution in [-0.4, -0.2) is 0 Å². The number of hydrogen-bond donors (Lipinski definition) is 1. The Bertz CT molecular complexity index is 269. The molecule has 0 heterocycles. The van der Waals surface area contributed by atoms with Crippen LogP contribution in [0, 0.1) is 9.49 Å². The summed E-state index contributed by atoms with van der Waals surface area (Å²) in [5, 5.41) is 0. The van der Waals surface area contributed by atoms with E-state index < -0.39 is 0 Å². The van der Waals surface area contributed by atoms with Crippen LogP contribution in [0.1, 0.15) is 24.4 Å². The first-order valence-corrected chi connectivity index (χ1v) is 5.36. The van der Waals surface area contributed by atoms with E-state index in [9.17, 15) is 0 Å². The van der Waals surface area contributed by atoms with Crippen LogP contribution < -0.4 is 5.73 Å². The number of halogens is 2. The summed E-state index contributed by atoms with van der Waals surface area (Å²) in [6.45, 7) is 0. The largest absolute Gasteiger partial charge is 0.324 e. The third-order valence-electron chi connectivity index (χ3n) is 2.38. The second kappa shape index (κ2) is 4.62. The molecule has 1 atom stereocenters. The maximum Gasteiger partial charge on any atom is 0.0323 e. The van der Waals surface area contributed by atoms with E-state index in [1.807, 2.05) is 0 Å². The van der Waals surface area contributed by atoms with Crippen LogP contribution in [0.2, 0.25) is 0 Å². The Morgan fingerprint density at radius 1 is 1.23 bits per heavy atom. The topological polar surface area (TPSA) is 26.0 Å². The second-order valence-electron chi connectivity index (χ2n) is 3.41. The lowest BCUT2D eigenvalue weighted by Gasteiger charge is -2.09. The van der Waals surface area contributed by atoms with Crippen molar-refractivity contribution in [2.45, 2.75) is 18.9 Å². The maximum absolute atomic E-state index is 6.05. The molecule has 0 spiro atoms. The number of hydrogen-bond acceptors (Lipinski definition) is 1. The molecule has 72 valence electrons. The summed E-state index contributed by atoms with van der Waals surface area (Å²) in [4.78, 5) is 0. The molecule has 1 saturated carbocycles. The van der Waals surface area contributed by atoms with Crippen LogP contribution in [-0.2, 0) is 0 Å². The fourth-order valence-electron chi connectivity index (χ4n) is 1.41. The summed E-state index contributed by atoms with van der Waals surface area (Å²) >= 11 is 2.31. The molecule has 13 heavy (non-hydrogen) atoms. The maximum atomic E-state index is 6.05. The first-order valence-electron chi connectivity index (χ1n) is 4.28. The highest BCUT2D eigenvalue weighted by Crippen LogP contribution is 2.39. The fourth-order valence-corrected chi connectivity index (χ4v) is 1.77. The quantitative estimate of drug-likeness (QED) is 0.835. The molecule has 1 fully saturated rings. The highest BCUT2D eigenvalue weighted by Gasteiger charge is 2.29. The predicted octanol–water partition coefficient (Wildman–Crippen LogP) is 3.12. The molecule has 0 bridgehead atoms. The Kier molecular flexibility index (Phi) is 4.01. The van der Waals surface area contributed by atoms with Crippen molar-refractivity contribution in [3.8, 4) is 0 Å². The minimum Gasteiger partial charge on any atom is -0.324 e. The van der Waals surface area contributed by atoms with Crippen LogP contribution in [0.3, 0.4) is 0 Å². The Labute approximate surface area is 98.6 Å². The molecule has 0 radical (unpaired) electrons. The van der Waals surface area contributed by atoms with Gasteiger partial charge in [0.1, 0.15) is 0 Å². The van der Waals surface area contributed by atoms with E-state index in [0.717, 1.165) is 5.92 Å². The zero-order chi connectivity index (χ0) is 8.55. The first kappa shape index (κ1) is 11.3. The van der Waals surface area contributed by atoms with E-state index in [-0.39, 0.29) is 18.4 Å². The van der Waals surface area contributed by atoms with Crippen molar-refractivity contribution < 1.29 is 0 Å². The van der Waals surface area contributed by atoms with Crippen LogP contribution in [0.5, 0.6) is 0 Å². The molecule has 1 aliphatic rings. The Morgan fingerprint density at radius 2 is 1.77 bits per heavy atom. The van der Waals surface area contributed by atoms with Crippen LogP contribution in [0.25, 0.3) is 0 Å². The van der Waals surface area contributed by atoms with E-state index in [1.165, 1.54) is 22.0 Å². The van der Waals surface area contributed by atoms with E-state index in [2.05, 4.69) is 46.9 Å². The Balaban J connectivity index is 0.000000845. The van der Waals surface area contributed by atoms with Gasteiger partial charge in [-0.1, -0.05) is 12.1 Å². The van der Waals surface area contributed by atoms with E-state index >= 15 is 0 Å². The molecule has 1 aromatic rings. The van der Waals surface area contributed by atoms with Gasteiger partial charge in [-0.3, -0.25) is 0 Å². The molecular formula is C10H13ClIN. The SMILES string of the molecule is Cl.N[C@H](c1ccc(I)cc1)C1CC1. The van der Waals surface area contributed by atoms with Crippen molar-refractivity contribution in [1.82, 2.24) is 0 Å². The summed E-state index contributed by atoms with van der Waals surface area (Å²) in [5.41, 5.74) is 7.34. The Hall–Kier alpha value is 0.200.